The minimum Gasteiger partial charge on any atom is -0.356 e. The molecule has 1 aromatic heterocycles. The molecule has 1 saturated heterocycles. The lowest BCUT2D eigenvalue weighted by molar-refractivity contribution is 0.635. The number of benzene rings is 1. The van der Waals surface area contributed by atoms with Crippen molar-refractivity contribution in [3.8, 4) is 0 Å². The van der Waals surface area contributed by atoms with Crippen LogP contribution in [0.3, 0.4) is 0 Å². The largest absolute Gasteiger partial charge is 0.356 e. The molecule has 1 aliphatic heterocycles. The van der Waals surface area contributed by atoms with Crippen LogP contribution in [0.2, 0.25) is 0 Å². The number of rotatable bonds is 2. The van der Waals surface area contributed by atoms with Gasteiger partial charge in [0, 0.05) is 35.5 Å². The Morgan fingerprint density at radius 2 is 2.10 bits per heavy atom. The molecule has 0 spiro atoms. The highest BCUT2D eigenvalue weighted by Gasteiger charge is 2.24. The fourth-order valence-electron chi connectivity index (χ4n) is 2.81. The van der Waals surface area contributed by atoms with Gasteiger partial charge in [0.15, 0.2) is 0 Å². The molecule has 3 rings (SSSR count). The number of pyridine rings is 1. The summed E-state index contributed by atoms with van der Waals surface area (Å²) in [6.45, 7) is 7.35. The number of fused-ring (bicyclic) bond motifs is 1. The molecular weight excluding hydrogens is 278 g/mol. The molecule has 2 heterocycles. The second-order valence-electron chi connectivity index (χ2n) is 6.21. The second-order valence-corrected chi connectivity index (χ2v) is 8.01. The number of hydrogen-bond donors (Lipinski definition) is 1. The molecule has 4 heteroatoms. The zero-order valence-electron chi connectivity index (χ0n) is 12.8. The van der Waals surface area contributed by atoms with Crippen LogP contribution in [-0.4, -0.2) is 28.6 Å². The van der Waals surface area contributed by atoms with E-state index in [1.807, 2.05) is 12.1 Å². The Morgan fingerprint density at radius 3 is 2.90 bits per heavy atom. The molecule has 2 aromatic rings. The maximum absolute atomic E-state index is 5.94. The normalized spacial score (nSPS) is 18.7. The Kier molecular flexibility index (Phi) is 4.09. The maximum Gasteiger partial charge on any atom is 0.129 e. The Morgan fingerprint density at radius 1 is 1.29 bits per heavy atom. The van der Waals surface area contributed by atoms with Crippen LogP contribution in [0.4, 0.5) is 5.82 Å². The third-order valence-electron chi connectivity index (χ3n) is 4.17. The van der Waals surface area contributed by atoms with Crippen LogP contribution < -0.4 is 10.6 Å². The summed E-state index contributed by atoms with van der Waals surface area (Å²) >= 11 is 2.06. The van der Waals surface area contributed by atoms with Crippen LogP contribution in [0.1, 0.15) is 25.8 Å². The number of thioether (sulfide) groups is 1. The zero-order valence-corrected chi connectivity index (χ0v) is 13.6. The van der Waals surface area contributed by atoms with Crippen molar-refractivity contribution in [3.63, 3.8) is 0 Å². The lowest BCUT2D eigenvalue weighted by atomic mass is 10.1. The van der Waals surface area contributed by atoms with E-state index in [2.05, 4.69) is 48.7 Å². The molecule has 0 unspecified atom stereocenters. The standard InChI is InChI=1S/C17H23N3S/c1-17(2)7-8-20(9-10-21-17)16-11-13(12-18)14-5-3-4-6-15(14)19-16/h3-6,11H,7-10,12,18H2,1-2H3. The molecule has 0 atom stereocenters. The SMILES string of the molecule is CC1(C)CCN(c2cc(CN)c3ccccc3n2)CCS1. The van der Waals surface area contributed by atoms with Crippen molar-refractivity contribution in [3.05, 3.63) is 35.9 Å². The molecule has 3 nitrogen and oxygen atoms in total. The second kappa shape index (κ2) is 5.85. The highest BCUT2D eigenvalue weighted by molar-refractivity contribution is 8.00. The van der Waals surface area contributed by atoms with Crippen molar-refractivity contribution in [2.24, 2.45) is 5.73 Å². The summed E-state index contributed by atoms with van der Waals surface area (Å²) in [6.07, 6.45) is 1.18. The molecule has 0 aliphatic carbocycles. The average Bonchev–Trinajstić information content (AvgIpc) is 2.67. The number of anilines is 1. The molecule has 2 N–H and O–H groups in total. The quantitative estimate of drug-likeness (QED) is 0.923. The number of nitrogens with zero attached hydrogens (tertiary/aromatic N) is 2. The van der Waals surface area contributed by atoms with Gasteiger partial charge in [0.05, 0.1) is 5.52 Å². The van der Waals surface area contributed by atoms with Gasteiger partial charge >= 0.3 is 0 Å². The molecule has 21 heavy (non-hydrogen) atoms. The van der Waals surface area contributed by atoms with Crippen molar-refractivity contribution in [1.29, 1.82) is 0 Å². The van der Waals surface area contributed by atoms with Gasteiger partial charge in [0.1, 0.15) is 5.82 Å². The minimum absolute atomic E-state index is 0.363. The van der Waals surface area contributed by atoms with Gasteiger partial charge in [-0.1, -0.05) is 32.0 Å². The molecule has 1 aromatic carbocycles. The highest BCUT2D eigenvalue weighted by atomic mass is 32.2. The van der Waals surface area contributed by atoms with E-state index in [9.17, 15) is 0 Å². The van der Waals surface area contributed by atoms with Gasteiger partial charge in [-0.15, -0.1) is 0 Å². The Bertz CT molecular complexity index is 639. The number of aromatic nitrogens is 1. The van der Waals surface area contributed by atoms with E-state index in [1.165, 1.54) is 17.4 Å². The first kappa shape index (κ1) is 14.7. The summed E-state index contributed by atoms with van der Waals surface area (Å²) in [5, 5.41) is 1.17. The lowest BCUT2D eigenvalue weighted by Gasteiger charge is -2.24. The van der Waals surface area contributed by atoms with Crippen molar-refractivity contribution in [2.75, 3.05) is 23.7 Å². The van der Waals surface area contributed by atoms with E-state index in [0.717, 1.165) is 30.2 Å². The summed E-state index contributed by atoms with van der Waals surface area (Å²) in [4.78, 5) is 7.27. The summed E-state index contributed by atoms with van der Waals surface area (Å²) in [5.41, 5.74) is 8.17. The van der Waals surface area contributed by atoms with Crippen LogP contribution >= 0.6 is 11.8 Å². The summed E-state index contributed by atoms with van der Waals surface area (Å²) < 4.78 is 0.363. The monoisotopic (exact) mass is 301 g/mol. The van der Waals surface area contributed by atoms with Crippen molar-refractivity contribution in [1.82, 2.24) is 4.98 Å². The van der Waals surface area contributed by atoms with Crippen molar-refractivity contribution < 1.29 is 0 Å². The van der Waals surface area contributed by atoms with E-state index < -0.39 is 0 Å². The highest BCUT2D eigenvalue weighted by Crippen LogP contribution is 2.32. The van der Waals surface area contributed by atoms with Crippen LogP contribution in [0, 0.1) is 0 Å². The van der Waals surface area contributed by atoms with Gasteiger partial charge in [0.2, 0.25) is 0 Å². The van der Waals surface area contributed by atoms with Gasteiger partial charge in [-0.3, -0.25) is 0 Å². The van der Waals surface area contributed by atoms with Crippen molar-refractivity contribution >= 4 is 28.5 Å². The third kappa shape index (κ3) is 3.16. The van der Waals surface area contributed by atoms with E-state index in [0.29, 0.717) is 11.3 Å². The van der Waals surface area contributed by atoms with Gasteiger partial charge in [-0.25, -0.2) is 4.98 Å². The van der Waals surface area contributed by atoms with E-state index >= 15 is 0 Å². The molecule has 0 amide bonds. The van der Waals surface area contributed by atoms with Crippen LogP contribution in [0.5, 0.6) is 0 Å². The molecule has 1 fully saturated rings. The third-order valence-corrected chi connectivity index (χ3v) is 5.54. The first-order valence-electron chi connectivity index (χ1n) is 7.57. The van der Waals surface area contributed by atoms with E-state index in [-0.39, 0.29) is 0 Å². The molecule has 0 saturated carbocycles. The van der Waals surface area contributed by atoms with Crippen LogP contribution in [-0.2, 0) is 6.54 Å². The van der Waals surface area contributed by atoms with E-state index in [4.69, 9.17) is 10.7 Å². The summed E-state index contributed by atoms with van der Waals surface area (Å²) in [5.74, 6) is 2.23. The molecule has 112 valence electrons. The zero-order chi connectivity index (χ0) is 14.9. The predicted octanol–water partition coefficient (Wildman–Crippen LogP) is 3.42. The maximum atomic E-state index is 5.94. The lowest BCUT2D eigenvalue weighted by Crippen LogP contribution is -2.28. The molecule has 0 bridgehead atoms. The van der Waals surface area contributed by atoms with Gasteiger partial charge in [-0.2, -0.15) is 11.8 Å². The van der Waals surface area contributed by atoms with Gasteiger partial charge in [0.25, 0.3) is 0 Å². The van der Waals surface area contributed by atoms with Gasteiger partial charge in [-0.05, 0) is 24.1 Å². The topological polar surface area (TPSA) is 42.1 Å². The number of hydrogen-bond acceptors (Lipinski definition) is 4. The summed E-state index contributed by atoms with van der Waals surface area (Å²) in [7, 11) is 0. The fraction of sp³-hybridized carbons (Fsp3) is 0.471. The number of para-hydroxylation sites is 1. The van der Waals surface area contributed by atoms with Crippen LogP contribution in [0.15, 0.2) is 30.3 Å². The smallest absolute Gasteiger partial charge is 0.129 e. The molecule has 0 radical (unpaired) electrons. The Labute approximate surface area is 130 Å². The van der Waals surface area contributed by atoms with E-state index in [1.54, 1.807) is 0 Å². The van der Waals surface area contributed by atoms with Crippen LogP contribution in [0.25, 0.3) is 10.9 Å². The predicted molar refractivity (Wildman–Crippen MR) is 93.0 cm³/mol. The first-order valence-corrected chi connectivity index (χ1v) is 8.55. The van der Waals surface area contributed by atoms with Crippen molar-refractivity contribution in [2.45, 2.75) is 31.6 Å². The fourth-order valence-corrected chi connectivity index (χ4v) is 3.91. The Hall–Kier alpha value is -1.26. The Balaban J connectivity index is 1.96. The van der Waals surface area contributed by atoms with Gasteiger partial charge < -0.3 is 10.6 Å². The first-order chi connectivity index (χ1) is 10.1. The molecule has 1 aliphatic rings. The molecular formula is C17H23N3S. The average molecular weight is 301 g/mol. The minimum atomic E-state index is 0.363. The summed E-state index contributed by atoms with van der Waals surface area (Å²) in [6, 6.07) is 10.4. The number of nitrogens with two attached hydrogens (primary N) is 1.